The van der Waals surface area contributed by atoms with Gasteiger partial charge in [-0.2, -0.15) is 0 Å². The summed E-state index contributed by atoms with van der Waals surface area (Å²) >= 11 is 0. The fourth-order valence-corrected chi connectivity index (χ4v) is 3.85. The summed E-state index contributed by atoms with van der Waals surface area (Å²) in [5, 5.41) is 2.60. The van der Waals surface area contributed by atoms with E-state index >= 15 is 0 Å². The first-order valence-corrected chi connectivity index (χ1v) is 8.87. The maximum absolute atomic E-state index is 13.8. The highest BCUT2D eigenvalue weighted by Gasteiger charge is 2.39. The third-order valence-electron chi connectivity index (χ3n) is 5.10. The normalized spacial score (nSPS) is 18.5. The number of fused-ring (bicyclic) bond motifs is 2. The van der Waals surface area contributed by atoms with Crippen LogP contribution in [0, 0.1) is 5.82 Å². The molecule has 0 spiro atoms. The summed E-state index contributed by atoms with van der Waals surface area (Å²) < 4.78 is 13.8. The number of hydrogen-bond donors (Lipinski definition) is 1. The molecule has 0 aromatic heterocycles. The maximum atomic E-state index is 13.8. The number of amides is 2. The largest absolute Gasteiger partial charge is 0.351 e. The minimum absolute atomic E-state index is 0.0215. The minimum atomic E-state index is -0.481. The molecule has 0 unspecified atom stereocenters. The number of halogens is 1. The number of hydrogen-bond acceptors (Lipinski definition) is 3. The van der Waals surface area contributed by atoms with Crippen LogP contribution in [0.3, 0.4) is 0 Å². The Hall–Kier alpha value is -2.89. The minimum Gasteiger partial charge on any atom is -0.351 e. The standard InChI is InChI=1S/C20H20FN3O2/c1-2-23-17-12-13(19(25)22-16-7-4-3-6-15(16)21)9-10-14(17)20(26)24-11-5-8-18(23)24/h3-4,6-7,9-10,12,18H,2,5,8,11H2,1H3,(H,22,25)/t18-/m1/s1. The first-order valence-electron chi connectivity index (χ1n) is 8.87. The van der Waals surface area contributed by atoms with E-state index in [1.165, 1.54) is 12.1 Å². The molecule has 1 saturated heterocycles. The molecule has 4 rings (SSSR count). The topological polar surface area (TPSA) is 52.7 Å². The lowest BCUT2D eigenvalue weighted by Gasteiger charge is -2.41. The number of nitrogens with one attached hydrogen (secondary N) is 1. The van der Waals surface area contributed by atoms with Gasteiger partial charge in [0.05, 0.1) is 16.9 Å². The molecular weight excluding hydrogens is 333 g/mol. The van der Waals surface area contributed by atoms with Gasteiger partial charge in [-0.25, -0.2) is 4.39 Å². The Labute approximate surface area is 151 Å². The Morgan fingerprint density at radius 3 is 2.85 bits per heavy atom. The SMILES string of the molecule is CCN1c2cc(C(=O)Nc3ccccc3F)ccc2C(=O)N2CCC[C@@H]21. The van der Waals surface area contributed by atoms with Crippen LogP contribution in [0.15, 0.2) is 42.5 Å². The molecule has 2 aliphatic rings. The third-order valence-corrected chi connectivity index (χ3v) is 5.10. The highest BCUT2D eigenvalue weighted by Crippen LogP contribution is 2.36. The number of anilines is 2. The second-order valence-corrected chi connectivity index (χ2v) is 6.57. The van der Waals surface area contributed by atoms with Crippen LogP contribution in [0.25, 0.3) is 0 Å². The van der Waals surface area contributed by atoms with Gasteiger partial charge in [-0.3, -0.25) is 9.59 Å². The van der Waals surface area contributed by atoms with E-state index in [-0.39, 0.29) is 17.8 Å². The fraction of sp³-hybridized carbons (Fsp3) is 0.300. The van der Waals surface area contributed by atoms with Crippen LogP contribution in [-0.2, 0) is 0 Å². The van der Waals surface area contributed by atoms with E-state index in [4.69, 9.17) is 0 Å². The summed E-state index contributed by atoms with van der Waals surface area (Å²) in [5.41, 5.74) is 1.94. The highest BCUT2D eigenvalue weighted by molar-refractivity contribution is 6.08. The van der Waals surface area contributed by atoms with Gasteiger partial charge < -0.3 is 15.1 Å². The molecule has 2 aliphatic heterocycles. The van der Waals surface area contributed by atoms with Crippen LogP contribution in [0.1, 0.15) is 40.5 Å². The second-order valence-electron chi connectivity index (χ2n) is 6.57. The molecule has 2 amide bonds. The van der Waals surface area contributed by atoms with E-state index in [9.17, 15) is 14.0 Å². The Balaban J connectivity index is 1.67. The molecule has 1 atom stereocenters. The lowest BCUT2D eigenvalue weighted by molar-refractivity contribution is 0.0715. The summed E-state index contributed by atoms with van der Waals surface area (Å²) in [6.07, 6.45) is 1.98. The van der Waals surface area contributed by atoms with Gasteiger partial charge in [0.2, 0.25) is 0 Å². The molecular formula is C20H20FN3O2. The van der Waals surface area contributed by atoms with Gasteiger partial charge in [0.1, 0.15) is 12.0 Å². The van der Waals surface area contributed by atoms with Gasteiger partial charge in [0.15, 0.2) is 0 Å². The fourth-order valence-electron chi connectivity index (χ4n) is 3.85. The Morgan fingerprint density at radius 1 is 1.27 bits per heavy atom. The average molecular weight is 353 g/mol. The molecule has 2 aromatic carbocycles. The molecule has 0 aliphatic carbocycles. The Kier molecular flexibility index (Phi) is 4.11. The van der Waals surface area contributed by atoms with Gasteiger partial charge in [0, 0.05) is 18.7 Å². The van der Waals surface area contributed by atoms with E-state index in [1.54, 1.807) is 30.3 Å². The van der Waals surface area contributed by atoms with Crippen LogP contribution in [0.5, 0.6) is 0 Å². The summed E-state index contributed by atoms with van der Waals surface area (Å²) in [7, 11) is 0. The summed E-state index contributed by atoms with van der Waals surface area (Å²) in [6, 6.07) is 11.1. The molecule has 6 heteroatoms. The van der Waals surface area contributed by atoms with Crippen LogP contribution in [0.4, 0.5) is 15.8 Å². The van der Waals surface area contributed by atoms with Crippen molar-refractivity contribution in [3.05, 3.63) is 59.4 Å². The number of nitrogens with zero attached hydrogens (tertiary/aromatic N) is 2. The van der Waals surface area contributed by atoms with Crippen molar-refractivity contribution in [3.63, 3.8) is 0 Å². The predicted octanol–water partition coefficient (Wildman–Crippen LogP) is 3.48. The zero-order valence-corrected chi connectivity index (χ0v) is 14.5. The van der Waals surface area contributed by atoms with Crippen molar-refractivity contribution < 1.29 is 14.0 Å². The van der Waals surface area contributed by atoms with Crippen LogP contribution < -0.4 is 10.2 Å². The van der Waals surface area contributed by atoms with Crippen molar-refractivity contribution in [1.82, 2.24) is 4.90 Å². The van der Waals surface area contributed by atoms with Crippen molar-refractivity contribution in [2.24, 2.45) is 0 Å². The molecule has 2 heterocycles. The second kappa shape index (κ2) is 6.44. The van der Waals surface area contributed by atoms with E-state index in [0.717, 1.165) is 31.6 Å². The van der Waals surface area contributed by atoms with Crippen LogP contribution in [0.2, 0.25) is 0 Å². The molecule has 1 N–H and O–H groups in total. The van der Waals surface area contributed by atoms with Crippen molar-refractivity contribution in [1.29, 1.82) is 0 Å². The molecule has 134 valence electrons. The van der Waals surface area contributed by atoms with E-state index in [2.05, 4.69) is 10.2 Å². The van der Waals surface area contributed by atoms with Gasteiger partial charge in [0.25, 0.3) is 11.8 Å². The first kappa shape index (κ1) is 16.6. The molecule has 0 bridgehead atoms. The van der Waals surface area contributed by atoms with E-state index in [0.29, 0.717) is 11.1 Å². The Bertz CT molecular complexity index is 883. The zero-order valence-electron chi connectivity index (χ0n) is 14.5. The molecule has 0 saturated carbocycles. The monoisotopic (exact) mass is 353 g/mol. The zero-order chi connectivity index (χ0) is 18.3. The van der Waals surface area contributed by atoms with Gasteiger partial charge in [-0.15, -0.1) is 0 Å². The highest BCUT2D eigenvalue weighted by atomic mass is 19.1. The number of para-hydroxylation sites is 1. The Morgan fingerprint density at radius 2 is 2.08 bits per heavy atom. The first-order chi connectivity index (χ1) is 12.6. The summed E-state index contributed by atoms with van der Waals surface area (Å²) in [6.45, 7) is 3.57. The molecule has 26 heavy (non-hydrogen) atoms. The summed E-state index contributed by atoms with van der Waals surface area (Å²) in [5.74, 6) is -0.853. The quantitative estimate of drug-likeness (QED) is 0.919. The van der Waals surface area contributed by atoms with Gasteiger partial charge in [-0.05, 0) is 50.1 Å². The molecule has 1 fully saturated rings. The average Bonchev–Trinajstić information content (AvgIpc) is 3.13. The van der Waals surface area contributed by atoms with E-state index in [1.807, 2.05) is 11.8 Å². The van der Waals surface area contributed by atoms with E-state index < -0.39 is 11.7 Å². The number of rotatable bonds is 3. The van der Waals surface area contributed by atoms with Crippen molar-refractivity contribution in [2.75, 3.05) is 23.3 Å². The maximum Gasteiger partial charge on any atom is 0.257 e. The van der Waals surface area contributed by atoms with Gasteiger partial charge >= 0.3 is 0 Å². The van der Waals surface area contributed by atoms with Crippen molar-refractivity contribution in [2.45, 2.75) is 25.9 Å². The summed E-state index contributed by atoms with van der Waals surface area (Å²) in [4.78, 5) is 29.4. The molecule has 2 aromatic rings. The number of carbonyl (C=O) groups excluding carboxylic acids is 2. The number of carbonyl (C=O) groups is 2. The van der Waals surface area contributed by atoms with Crippen molar-refractivity contribution in [3.8, 4) is 0 Å². The van der Waals surface area contributed by atoms with Crippen molar-refractivity contribution >= 4 is 23.2 Å². The lowest BCUT2D eigenvalue weighted by atomic mass is 10.0. The number of benzene rings is 2. The predicted molar refractivity (Wildman–Crippen MR) is 97.9 cm³/mol. The van der Waals surface area contributed by atoms with Crippen LogP contribution in [-0.4, -0.2) is 36.0 Å². The van der Waals surface area contributed by atoms with Crippen LogP contribution >= 0.6 is 0 Å². The smallest absolute Gasteiger partial charge is 0.257 e. The van der Waals surface area contributed by atoms with Gasteiger partial charge in [-0.1, -0.05) is 12.1 Å². The molecule has 5 nitrogen and oxygen atoms in total. The lowest BCUT2D eigenvalue weighted by Crippen LogP contribution is -2.52. The third kappa shape index (κ3) is 2.62. The molecule has 0 radical (unpaired) electrons.